The summed E-state index contributed by atoms with van der Waals surface area (Å²) in [6, 6.07) is 15.7. The van der Waals surface area contributed by atoms with E-state index in [1.165, 1.54) is 6.26 Å². The van der Waals surface area contributed by atoms with Gasteiger partial charge in [0.15, 0.2) is 5.76 Å². The van der Waals surface area contributed by atoms with Gasteiger partial charge in [-0.25, -0.2) is 0 Å². The van der Waals surface area contributed by atoms with E-state index in [9.17, 15) is 9.59 Å². The summed E-state index contributed by atoms with van der Waals surface area (Å²) in [5, 5.41) is 6.48. The van der Waals surface area contributed by atoms with Gasteiger partial charge in [-0.05, 0) is 66.6 Å². The van der Waals surface area contributed by atoms with Crippen molar-refractivity contribution in [1.29, 1.82) is 0 Å². The number of furan rings is 1. The number of anilines is 1. The van der Waals surface area contributed by atoms with Gasteiger partial charge in [-0.15, -0.1) is 11.8 Å². The summed E-state index contributed by atoms with van der Waals surface area (Å²) < 4.78 is 5.06. The number of amides is 2. The van der Waals surface area contributed by atoms with E-state index < -0.39 is 0 Å². The summed E-state index contributed by atoms with van der Waals surface area (Å²) in [6.07, 6.45) is 2.29. The molecule has 7 heteroatoms. The number of fused-ring (bicyclic) bond motifs is 1. The van der Waals surface area contributed by atoms with Crippen molar-refractivity contribution in [3.8, 4) is 0 Å². The normalized spacial score (nSPS) is 15.5. The minimum absolute atomic E-state index is 0.0687. The fourth-order valence-corrected chi connectivity index (χ4v) is 4.35. The zero-order chi connectivity index (χ0) is 19.5. The molecule has 28 heavy (non-hydrogen) atoms. The summed E-state index contributed by atoms with van der Waals surface area (Å²) in [5.41, 5.74) is 2.17. The minimum Gasteiger partial charge on any atom is -0.459 e. The SMILES string of the molecule is O=C(NC1CCSc2ccc(Cl)cc21)c1ccc(NC(=O)c2ccco2)cc1. The second-order valence-corrected chi connectivity index (χ2v) is 7.93. The number of carbonyl (C=O) groups is 2. The maximum absolute atomic E-state index is 12.7. The zero-order valence-corrected chi connectivity index (χ0v) is 16.3. The molecule has 2 N–H and O–H groups in total. The van der Waals surface area contributed by atoms with E-state index >= 15 is 0 Å². The van der Waals surface area contributed by atoms with E-state index in [0.29, 0.717) is 16.3 Å². The fourth-order valence-electron chi connectivity index (χ4n) is 3.06. The standard InChI is InChI=1S/C21H17ClN2O3S/c22-14-5-8-19-16(12-14)17(9-11-28-19)24-20(25)13-3-6-15(7-4-13)23-21(26)18-2-1-10-27-18/h1-8,10,12,17H,9,11H2,(H,23,26)(H,24,25). The molecule has 3 aromatic rings. The molecule has 1 aliphatic rings. The van der Waals surface area contributed by atoms with Crippen molar-refractivity contribution < 1.29 is 14.0 Å². The van der Waals surface area contributed by atoms with Crippen LogP contribution in [0.1, 0.15) is 38.9 Å². The van der Waals surface area contributed by atoms with Gasteiger partial charge in [0.2, 0.25) is 0 Å². The van der Waals surface area contributed by atoms with E-state index in [1.807, 2.05) is 18.2 Å². The van der Waals surface area contributed by atoms with Crippen molar-refractivity contribution in [2.75, 3.05) is 11.1 Å². The number of nitrogens with one attached hydrogen (secondary N) is 2. The second-order valence-electron chi connectivity index (χ2n) is 6.35. The first kappa shape index (κ1) is 18.7. The van der Waals surface area contributed by atoms with Crippen LogP contribution in [0.15, 0.2) is 70.2 Å². The lowest BCUT2D eigenvalue weighted by Crippen LogP contribution is -2.30. The maximum Gasteiger partial charge on any atom is 0.291 e. The molecule has 0 saturated heterocycles. The molecule has 0 spiro atoms. The molecule has 4 rings (SSSR count). The molecule has 2 aromatic carbocycles. The van der Waals surface area contributed by atoms with Crippen LogP contribution in [0.5, 0.6) is 0 Å². The Hall–Kier alpha value is -2.70. The van der Waals surface area contributed by atoms with Crippen LogP contribution in [0.25, 0.3) is 0 Å². The van der Waals surface area contributed by atoms with Crippen molar-refractivity contribution in [3.63, 3.8) is 0 Å². The van der Waals surface area contributed by atoms with E-state index in [2.05, 4.69) is 10.6 Å². The quantitative estimate of drug-likeness (QED) is 0.621. The molecule has 2 amide bonds. The average Bonchev–Trinajstić information content (AvgIpc) is 3.24. The number of rotatable bonds is 4. The Kier molecular flexibility index (Phi) is 5.41. The monoisotopic (exact) mass is 412 g/mol. The van der Waals surface area contributed by atoms with Gasteiger partial charge in [0.1, 0.15) is 0 Å². The Morgan fingerprint density at radius 1 is 1.07 bits per heavy atom. The molecule has 0 saturated carbocycles. The van der Waals surface area contributed by atoms with Crippen LogP contribution < -0.4 is 10.6 Å². The molecule has 0 aliphatic carbocycles. The van der Waals surface area contributed by atoms with Crippen LogP contribution in [-0.2, 0) is 0 Å². The third kappa shape index (κ3) is 4.08. The molecular weight excluding hydrogens is 396 g/mol. The molecular formula is C21H17ClN2O3S. The van der Waals surface area contributed by atoms with Crippen LogP contribution in [0.3, 0.4) is 0 Å². The first-order chi connectivity index (χ1) is 13.6. The molecule has 5 nitrogen and oxygen atoms in total. The summed E-state index contributed by atoms with van der Waals surface area (Å²) >= 11 is 7.90. The van der Waals surface area contributed by atoms with Gasteiger partial charge in [0.25, 0.3) is 11.8 Å². The molecule has 1 aliphatic heterocycles. The molecule has 0 radical (unpaired) electrons. The van der Waals surface area contributed by atoms with Crippen molar-refractivity contribution in [2.45, 2.75) is 17.4 Å². The third-order valence-electron chi connectivity index (χ3n) is 4.47. The van der Waals surface area contributed by atoms with E-state index in [4.69, 9.17) is 16.0 Å². The molecule has 1 aromatic heterocycles. The van der Waals surface area contributed by atoms with E-state index in [1.54, 1.807) is 48.2 Å². The molecule has 1 atom stereocenters. The van der Waals surface area contributed by atoms with Crippen molar-refractivity contribution in [3.05, 3.63) is 82.8 Å². The number of carbonyl (C=O) groups excluding carboxylic acids is 2. The summed E-state index contributed by atoms with van der Waals surface area (Å²) in [5.74, 6) is 0.675. The predicted molar refractivity (Wildman–Crippen MR) is 110 cm³/mol. The van der Waals surface area contributed by atoms with Crippen LogP contribution in [0.4, 0.5) is 5.69 Å². The highest BCUT2D eigenvalue weighted by atomic mass is 35.5. The lowest BCUT2D eigenvalue weighted by Gasteiger charge is -2.26. The first-order valence-electron chi connectivity index (χ1n) is 8.78. The Morgan fingerprint density at radius 3 is 2.64 bits per heavy atom. The van der Waals surface area contributed by atoms with E-state index in [-0.39, 0.29) is 23.6 Å². The Morgan fingerprint density at radius 2 is 1.89 bits per heavy atom. The number of hydrogen-bond donors (Lipinski definition) is 2. The molecule has 0 bridgehead atoms. The second kappa shape index (κ2) is 8.12. The smallest absolute Gasteiger partial charge is 0.291 e. The summed E-state index contributed by atoms with van der Waals surface area (Å²) in [4.78, 5) is 25.8. The van der Waals surface area contributed by atoms with Crippen molar-refractivity contribution in [2.24, 2.45) is 0 Å². The number of hydrogen-bond acceptors (Lipinski definition) is 4. The third-order valence-corrected chi connectivity index (χ3v) is 5.82. The van der Waals surface area contributed by atoms with Crippen LogP contribution in [-0.4, -0.2) is 17.6 Å². The maximum atomic E-state index is 12.7. The largest absolute Gasteiger partial charge is 0.459 e. The Labute approximate surface area is 171 Å². The molecule has 142 valence electrons. The Balaban J connectivity index is 1.43. The number of halogens is 1. The number of thioether (sulfide) groups is 1. The molecule has 1 unspecified atom stereocenters. The van der Waals surface area contributed by atoms with Crippen molar-refractivity contribution >= 4 is 40.9 Å². The molecule has 2 heterocycles. The molecule has 0 fully saturated rings. The van der Waals surface area contributed by atoms with Gasteiger partial charge >= 0.3 is 0 Å². The van der Waals surface area contributed by atoms with Gasteiger partial charge in [0, 0.05) is 26.9 Å². The zero-order valence-electron chi connectivity index (χ0n) is 14.8. The van der Waals surface area contributed by atoms with Gasteiger partial charge in [-0.1, -0.05) is 11.6 Å². The highest BCUT2D eigenvalue weighted by Gasteiger charge is 2.23. The number of benzene rings is 2. The van der Waals surface area contributed by atoms with Gasteiger partial charge in [-0.2, -0.15) is 0 Å². The van der Waals surface area contributed by atoms with Crippen LogP contribution >= 0.6 is 23.4 Å². The summed E-state index contributed by atoms with van der Waals surface area (Å²) in [7, 11) is 0. The lowest BCUT2D eigenvalue weighted by molar-refractivity contribution is 0.0934. The fraction of sp³-hybridized carbons (Fsp3) is 0.143. The average molecular weight is 413 g/mol. The lowest BCUT2D eigenvalue weighted by atomic mass is 10.0. The minimum atomic E-state index is -0.338. The van der Waals surface area contributed by atoms with Gasteiger partial charge < -0.3 is 15.1 Å². The van der Waals surface area contributed by atoms with Crippen LogP contribution in [0, 0.1) is 0 Å². The van der Waals surface area contributed by atoms with Gasteiger partial charge in [-0.3, -0.25) is 9.59 Å². The highest BCUT2D eigenvalue weighted by Crippen LogP contribution is 2.37. The van der Waals surface area contributed by atoms with Crippen molar-refractivity contribution in [1.82, 2.24) is 5.32 Å². The predicted octanol–water partition coefficient (Wildman–Crippen LogP) is 5.15. The Bertz CT molecular complexity index is 1000. The summed E-state index contributed by atoms with van der Waals surface area (Å²) in [6.45, 7) is 0. The topological polar surface area (TPSA) is 71.3 Å². The first-order valence-corrected chi connectivity index (χ1v) is 10.1. The van der Waals surface area contributed by atoms with E-state index in [0.717, 1.165) is 22.6 Å². The highest BCUT2D eigenvalue weighted by molar-refractivity contribution is 7.99. The van der Waals surface area contributed by atoms with Gasteiger partial charge in [0.05, 0.1) is 12.3 Å². The van der Waals surface area contributed by atoms with Crippen LogP contribution in [0.2, 0.25) is 5.02 Å².